The largest absolute Gasteiger partial charge is 0.484 e. The van der Waals surface area contributed by atoms with Gasteiger partial charge in [-0.1, -0.05) is 30.3 Å². The Morgan fingerprint density at radius 3 is 2.32 bits per heavy atom. The van der Waals surface area contributed by atoms with Crippen LogP contribution in [0.3, 0.4) is 0 Å². The summed E-state index contributed by atoms with van der Waals surface area (Å²) in [6, 6.07) is 16.1. The van der Waals surface area contributed by atoms with Crippen molar-refractivity contribution in [1.29, 1.82) is 0 Å². The third-order valence-electron chi connectivity index (χ3n) is 2.93. The molecule has 0 spiro atoms. The maximum Gasteiger partial charge on any atom is 0.309 e. The fraction of sp³-hybridized carbons (Fsp3) is 0.176. The summed E-state index contributed by atoms with van der Waals surface area (Å²) in [5, 5.41) is 2.73. The lowest BCUT2D eigenvalue weighted by Gasteiger charge is -2.08. The van der Waals surface area contributed by atoms with E-state index in [4.69, 9.17) is 4.74 Å². The second-order valence-corrected chi connectivity index (χ2v) is 4.60. The summed E-state index contributed by atoms with van der Waals surface area (Å²) in [5.41, 5.74) is 1.55. The molecule has 0 unspecified atom stereocenters. The van der Waals surface area contributed by atoms with E-state index in [1.807, 2.05) is 18.2 Å². The Balaban J connectivity index is 1.81. The van der Waals surface area contributed by atoms with Crippen LogP contribution in [0.1, 0.15) is 5.56 Å². The van der Waals surface area contributed by atoms with Gasteiger partial charge < -0.3 is 14.8 Å². The molecule has 0 aromatic heterocycles. The molecule has 2 rings (SSSR count). The number of anilines is 1. The summed E-state index contributed by atoms with van der Waals surface area (Å²) >= 11 is 0. The SMILES string of the molecule is COC(=O)Cc1ccc(OCC(=O)Nc2ccccc2)cc1. The lowest BCUT2D eigenvalue weighted by molar-refractivity contribution is -0.139. The molecule has 22 heavy (non-hydrogen) atoms. The molecule has 0 saturated heterocycles. The third kappa shape index (κ3) is 4.94. The highest BCUT2D eigenvalue weighted by atomic mass is 16.5. The predicted octanol–water partition coefficient (Wildman–Crippen LogP) is 2.42. The molecular formula is C17H17NO4. The van der Waals surface area contributed by atoms with Crippen molar-refractivity contribution in [3.63, 3.8) is 0 Å². The lowest BCUT2D eigenvalue weighted by Crippen LogP contribution is -2.20. The van der Waals surface area contributed by atoms with Gasteiger partial charge in [0.1, 0.15) is 5.75 Å². The highest BCUT2D eigenvalue weighted by Crippen LogP contribution is 2.13. The topological polar surface area (TPSA) is 64.6 Å². The quantitative estimate of drug-likeness (QED) is 0.832. The van der Waals surface area contributed by atoms with E-state index >= 15 is 0 Å². The van der Waals surface area contributed by atoms with Gasteiger partial charge in [0.15, 0.2) is 6.61 Å². The molecular weight excluding hydrogens is 282 g/mol. The minimum atomic E-state index is -0.295. The molecule has 0 radical (unpaired) electrons. The van der Waals surface area contributed by atoms with Gasteiger partial charge in [0.25, 0.3) is 5.91 Å². The number of carbonyl (C=O) groups excluding carboxylic acids is 2. The van der Waals surface area contributed by atoms with E-state index in [-0.39, 0.29) is 24.9 Å². The van der Waals surface area contributed by atoms with Gasteiger partial charge in [0, 0.05) is 5.69 Å². The summed E-state index contributed by atoms with van der Waals surface area (Å²) in [5.74, 6) is 0.0394. The third-order valence-corrected chi connectivity index (χ3v) is 2.93. The molecule has 0 bridgehead atoms. The molecule has 0 aliphatic carbocycles. The summed E-state index contributed by atoms with van der Waals surface area (Å²) in [6.45, 7) is -0.0781. The van der Waals surface area contributed by atoms with E-state index < -0.39 is 0 Å². The number of methoxy groups -OCH3 is 1. The molecule has 0 aliphatic heterocycles. The van der Waals surface area contributed by atoms with Gasteiger partial charge >= 0.3 is 5.97 Å². The molecule has 5 nitrogen and oxygen atoms in total. The summed E-state index contributed by atoms with van der Waals surface area (Å²) in [6.07, 6.45) is 0.214. The van der Waals surface area contributed by atoms with E-state index in [0.717, 1.165) is 11.3 Å². The number of carbonyl (C=O) groups is 2. The summed E-state index contributed by atoms with van der Waals surface area (Å²) in [4.78, 5) is 22.9. The smallest absolute Gasteiger partial charge is 0.309 e. The molecule has 2 aromatic rings. The first-order valence-corrected chi connectivity index (χ1v) is 6.81. The van der Waals surface area contributed by atoms with Gasteiger partial charge in [-0.05, 0) is 29.8 Å². The molecule has 114 valence electrons. The first-order chi connectivity index (χ1) is 10.7. The van der Waals surface area contributed by atoms with Gasteiger partial charge in [-0.15, -0.1) is 0 Å². The zero-order chi connectivity index (χ0) is 15.8. The fourth-order valence-electron chi connectivity index (χ4n) is 1.81. The molecule has 1 N–H and O–H groups in total. The maximum atomic E-state index is 11.7. The molecule has 0 fully saturated rings. The molecule has 2 aromatic carbocycles. The average Bonchev–Trinajstić information content (AvgIpc) is 2.55. The van der Waals surface area contributed by atoms with Crippen molar-refractivity contribution in [3.8, 4) is 5.75 Å². The van der Waals surface area contributed by atoms with E-state index in [0.29, 0.717) is 5.75 Å². The van der Waals surface area contributed by atoms with Crippen LogP contribution in [0.2, 0.25) is 0 Å². The number of amides is 1. The van der Waals surface area contributed by atoms with Gasteiger partial charge in [-0.3, -0.25) is 9.59 Å². The number of benzene rings is 2. The van der Waals surface area contributed by atoms with Crippen molar-refractivity contribution in [2.75, 3.05) is 19.0 Å². The minimum Gasteiger partial charge on any atom is -0.484 e. The Labute approximate surface area is 128 Å². The van der Waals surface area contributed by atoms with E-state index in [2.05, 4.69) is 10.1 Å². The Hall–Kier alpha value is -2.82. The second kappa shape index (κ2) is 7.83. The normalized spacial score (nSPS) is 9.86. The number of hydrogen-bond donors (Lipinski definition) is 1. The van der Waals surface area contributed by atoms with Crippen LogP contribution in [0.25, 0.3) is 0 Å². The summed E-state index contributed by atoms with van der Waals surface area (Å²) in [7, 11) is 1.35. The standard InChI is InChI=1S/C17H17NO4/c1-21-17(20)11-13-7-9-15(10-8-13)22-12-16(19)18-14-5-3-2-4-6-14/h2-10H,11-12H2,1H3,(H,18,19). The zero-order valence-corrected chi connectivity index (χ0v) is 12.2. The zero-order valence-electron chi connectivity index (χ0n) is 12.2. The van der Waals surface area contributed by atoms with Crippen LogP contribution >= 0.6 is 0 Å². The Bertz CT molecular complexity index is 623. The van der Waals surface area contributed by atoms with Crippen molar-refractivity contribution >= 4 is 17.6 Å². The Morgan fingerprint density at radius 2 is 1.68 bits per heavy atom. The Morgan fingerprint density at radius 1 is 1.00 bits per heavy atom. The van der Waals surface area contributed by atoms with Crippen LogP contribution in [-0.2, 0) is 20.7 Å². The van der Waals surface area contributed by atoms with Crippen LogP contribution in [0, 0.1) is 0 Å². The molecule has 0 heterocycles. The van der Waals surface area contributed by atoms with Crippen LogP contribution in [0.5, 0.6) is 5.75 Å². The van der Waals surface area contributed by atoms with E-state index in [1.165, 1.54) is 7.11 Å². The number of hydrogen-bond acceptors (Lipinski definition) is 4. The fourth-order valence-corrected chi connectivity index (χ4v) is 1.81. The van der Waals surface area contributed by atoms with Crippen molar-refractivity contribution in [1.82, 2.24) is 0 Å². The van der Waals surface area contributed by atoms with Crippen LogP contribution in [0.4, 0.5) is 5.69 Å². The van der Waals surface area contributed by atoms with E-state index in [9.17, 15) is 9.59 Å². The first-order valence-electron chi connectivity index (χ1n) is 6.81. The molecule has 5 heteroatoms. The monoisotopic (exact) mass is 299 g/mol. The van der Waals surface area contributed by atoms with Gasteiger partial charge in [-0.2, -0.15) is 0 Å². The van der Waals surface area contributed by atoms with E-state index in [1.54, 1.807) is 36.4 Å². The molecule has 0 aliphatic rings. The second-order valence-electron chi connectivity index (χ2n) is 4.60. The molecule has 0 saturated carbocycles. The van der Waals surface area contributed by atoms with Crippen LogP contribution in [0.15, 0.2) is 54.6 Å². The average molecular weight is 299 g/mol. The van der Waals surface area contributed by atoms with Crippen molar-refractivity contribution in [3.05, 3.63) is 60.2 Å². The Kier molecular flexibility index (Phi) is 5.54. The van der Waals surface area contributed by atoms with Crippen molar-refractivity contribution in [2.24, 2.45) is 0 Å². The first kappa shape index (κ1) is 15.6. The van der Waals surface area contributed by atoms with Crippen LogP contribution < -0.4 is 10.1 Å². The highest BCUT2D eigenvalue weighted by molar-refractivity contribution is 5.91. The number of esters is 1. The van der Waals surface area contributed by atoms with Gasteiger partial charge in [0.05, 0.1) is 13.5 Å². The number of ether oxygens (including phenoxy) is 2. The minimum absolute atomic E-state index is 0.0781. The summed E-state index contributed by atoms with van der Waals surface area (Å²) < 4.78 is 9.99. The number of para-hydroxylation sites is 1. The highest BCUT2D eigenvalue weighted by Gasteiger charge is 2.05. The maximum absolute atomic E-state index is 11.7. The lowest BCUT2D eigenvalue weighted by atomic mass is 10.1. The van der Waals surface area contributed by atoms with Crippen molar-refractivity contribution in [2.45, 2.75) is 6.42 Å². The molecule has 1 amide bonds. The number of rotatable bonds is 6. The van der Waals surface area contributed by atoms with Crippen molar-refractivity contribution < 1.29 is 19.1 Å². The number of nitrogens with one attached hydrogen (secondary N) is 1. The predicted molar refractivity (Wildman–Crippen MR) is 82.7 cm³/mol. The van der Waals surface area contributed by atoms with Gasteiger partial charge in [-0.25, -0.2) is 0 Å². The van der Waals surface area contributed by atoms with Crippen LogP contribution in [-0.4, -0.2) is 25.6 Å². The molecule has 0 atom stereocenters. The van der Waals surface area contributed by atoms with Gasteiger partial charge in [0.2, 0.25) is 0 Å².